The van der Waals surface area contributed by atoms with E-state index in [-0.39, 0.29) is 5.75 Å². The van der Waals surface area contributed by atoms with Crippen molar-refractivity contribution in [1.29, 1.82) is 0 Å². The van der Waals surface area contributed by atoms with Gasteiger partial charge in [-0.1, -0.05) is 44.2 Å². The van der Waals surface area contributed by atoms with Gasteiger partial charge in [-0.3, -0.25) is 9.59 Å². The molecule has 1 unspecified atom stereocenters. The summed E-state index contributed by atoms with van der Waals surface area (Å²) < 4.78 is 0. The number of amides is 1. The number of rotatable bonds is 6. The predicted octanol–water partition coefficient (Wildman–Crippen LogP) is 4.31. The van der Waals surface area contributed by atoms with Gasteiger partial charge in [-0.25, -0.2) is 0 Å². The number of hydrogen-bond acceptors (Lipinski definition) is 4. The van der Waals surface area contributed by atoms with E-state index in [1.54, 1.807) is 12.1 Å². The van der Waals surface area contributed by atoms with Gasteiger partial charge in [0.25, 0.3) is 0 Å². The van der Waals surface area contributed by atoms with Crippen molar-refractivity contribution in [1.82, 2.24) is 10.2 Å². The van der Waals surface area contributed by atoms with Crippen molar-refractivity contribution in [3.05, 3.63) is 65.7 Å². The maximum atomic E-state index is 11.5. The van der Waals surface area contributed by atoms with Crippen molar-refractivity contribution >= 4 is 12.2 Å². The van der Waals surface area contributed by atoms with E-state index in [0.717, 1.165) is 45.2 Å². The standard InChI is InChI=1S/C10H20N2O.C8H10.C7H6O2/c1-3-4-10(13)12-6-5-9(8-12)7-11-2;1-2-8-6-4-3-5-7-8;8-5-6-1-3-7(9)4-2-6/h9,11H,3-8H2,1-2H3;3-7H,2H2,1H3;1-5,9H. The van der Waals surface area contributed by atoms with Gasteiger partial charge in [0.15, 0.2) is 0 Å². The zero-order chi connectivity index (χ0) is 22.2. The number of nitrogens with one attached hydrogen (secondary N) is 1. The van der Waals surface area contributed by atoms with Crippen LogP contribution in [-0.2, 0) is 11.2 Å². The molecule has 2 N–H and O–H groups in total. The molecule has 0 aliphatic carbocycles. The molecule has 0 aromatic heterocycles. The number of phenols is 1. The van der Waals surface area contributed by atoms with Crippen LogP contribution in [0.25, 0.3) is 0 Å². The fourth-order valence-electron chi connectivity index (χ4n) is 3.15. The lowest BCUT2D eigenvalue weighted by Crippen LogP contribution is -2.29. The number of likely N-dealkylation sites (tertiary alicyclic amines) is 1. The Kier molecular flexibility index (Phi) is 12.9. The van der Waals surface area contributed by atoms with Crippen LogP contribution in [0.2, 0.25) is 0 Å². The van der Waals surface area contributed by atoms with Crippen molar-refractivity contribution in [3.8, 4) is 5.75 Å². The molecule has 5 nitrogen and oxygen atoms in total. The van der Waals surface area contributed by atoms with Gasteiger partial charge < -0.3 is 15.3 Å². The molecule has 1 saturated heterocycles. The summed E-state index contributed by atoms with van der Waals surface area (Å²) in [5.74, 6) is 1.19. The van der Waals surface area contributed by atoms with Crippen LogP contribution in [0, 0.1) is 5.92 Å². The molecule has 0 bridgehead atoms. The molecule has 2 aromatic rings. The van der Waals surface area contributed by atoms with Gasteiger partial charge in [-0.05, 0) is 68.6 Å². The summed E-state index contributed by atoms with van der Waals surface area (Å²) in [6.45, 7) is 7.18. The first-order valence-electron chi connectivity index (χ1n) is 10.7. The third-order valence-electron chi connectivity index (χ3n) is 4.88. The molecular formula is C25H36N2O3. The Bertz CT molecular complexity index is 717. The summed E-state index contributed by atoms with van der Waals surface area (Å²) in [6, 6.07) is 16.5. The summed E-state index contributed by atoms with van der Waals surface area (Å²) >= 11 is 0. The van der Waals surface area contributed by atoms with Crippen molar-refractivity contribution in [2.24, 2.45) is 5.92 Å². The highest BCUT2D eigenvalue weighted by molar-refractivity contribution is 5.76. The first-order chi connectivity index (χ1) is 14.5. The Morgan fingerprint density at radius 3 is 2.30 bits per heavy atom. The summed E-state index contributed by atoms with van der Waals surface area (Å²) in [5, 5.41) is 11.9. The van der Waals surface area contributed by atoms with E-state index in [4.69, 9.17) is 5.11 Å². The average molecular weight is 413 g/mol. The minimum absolute atomic E-state index is 0.181. The highest BCUT2D eigenvalue weighted by Crippen LogP contribution is 2.16. The van der Waals surface area contributed by atoms with Crippen molar-refractivity contribution in [2.75, 3.05) is 26.7 Å². The zero-order valence-electron chi connectivity index (χ0n) is 18.5. The molecule has 1 heterocycles. The smallest absolute Gasteiger partial charge is 0.222 e. The van der Waals surface area contributed by atoms with Gasteiger partial charge in [0.05, 0.1) is 0 Å². The number of aromatic hydroxyl groups is 1. The van der Waals surface area contributed by atoms with Gasteiger partial charge in [-0.15, -0.1) is 0 Å². The summed E-state index contributed by atoms with van der Waals surface area (Å²) in [4.78, 5) is 23.5. The Morgan fingerprint density at radius 1 is 1.13 bits per heavy atom. The third-order valence-corrected chi connectivity index (χ3v) is 4.88. The van der Waals surface area contributed by atoms with E-state index in [9.17, 15) is 9.59 Å². The largest absolute Gasteiger partial charge is 0.508 e. The Labute approximate surface area is 181 Å². The fraction of sp³-hybridized carbons (Fsp3) is 0.440. The fourth-order valence-corrected chi connectivity index (χ4v) is 3.15. The number of carbonyl (C=O) groups excluding carboxylic acids is 2. The lowest BCUT2D eigenvalue weighted by molar-refractivity contribution is -0.130. The Morgan fingerprint density at radius 2 is 1.80 bits per heavy atom. The molecule has 2 aromatic carbocycles. The normalized spacial score (nSPS) is 14.8. The second-order valence-corrected chi connectivity index (χ2v) is 7.35. The first kappa shape index (κ1) is 25.4. The van der Waals surface area contributed by atoms with Crippen LogP contribution < -0.4 is 5.32 Å². The molecule has 164 valence electrons. The number of aryl methyl sites for hydroxylation is 1. The highest BCUT2D eigenvalue weighted by atomic mass is 16.3. The predicted molar refractivity (Wildman–Crippen MR) is 123 cm³/mol. The van der Waals surface area contributed by atoms with Gasteiger partial charge in [0.2, 0.25) is 5.91 Å². The van der Waals surface area contributed by atoms with Crippen molar-refractivity contribution in [3.63, 3.8) is 0 Å². The highest BCUT2D eigenvalue weighted by Gasteiger charge is 2.24. The average Bonchev–Trinajstić information content (AvgIpc) is 3.25. The number of nitrogens with zero attached hydrogens (tertiary/aromatic N) is 1. The van der Waals surface area contributed by atoms with Crippen LogP contribution in [0.15, 0.2) is 54.6 Å². The van der Waals surface area contributed by atoms with Crippen LogP contribution in [0.4, 0.5) is 0 Å². The molecule has 1 fully saturated rings. The minimum Gasteiger partial charge on any atom is -0.508 e. The van der Waals surface area contributed by atoms with E-state index in [2.05, 4.69) is 43.4 Å². The van der Waals surface area contributed by atoms with Crippen molar-refractivity contribution < 1.29 is 14.7 Å². The van der Waals surface area contributed by atoms with Gasteiger partial charge in [0, 0.05) is 25.1 Å². The van der Waals surface area contributed by atoms with E-state index < -0.39 is 0 Å². The quantitative estimate of drug-likeness (QED) is 0.694. The monoisotopic (exact) mass is 412 g/mol. The second-order valence-electron chi connectivity index (χ2n) is 7.35. The van der Waals surface area contributed by atoms with Crippen LogP contribution in [0.3, 0.4) is 0 Å². The molecule has 3 rings (SSSR count). The van der Waals surface area contributed by atoms with E-state index in [1.165, 1.54) is 17.7 Å². The number of hydrogen-bond donors (Lipinski definition) is 2. The molecule has 0 radical (unpaired) electrons. The molecule has 1 amide bonds. The second kappa shape index (κ2) is 15.2. The van der Waals surface area contributed by atoms with Gasteiger partial charge in [-0.2, -0.15) is 0 Å². The zero-order valence-corrected chi connectivity index (χ0v) is 18.5. The Balaban J connectivity index is 0.000000234. The SMILES string of the molecule is CCCC(=O)N1CCC(CNC)C1.CCc1ccccc1.O=Cc1ccc(O)cc1. The summed E-state index contributed by atoms with van der Waals surface area (Å²) in [6.07, 6.45) is 4.72. The molecule has 1 aliphatic rings. The third kappa shape index (κ3) is 10.2. The van der Waals surface area contributed by atoms with E-state index in [1.807, 2.05) is 18.0 Å². The number of carbonyl (C=O) groups is 2. The van der Waals surface area contributed by atoms with Crippen LogP contribution in [-0.4, -0.2) is 48.9 Å². The summed E-state index contributed by atoms with van der Waals surface area (Å²) in [7, 11) is 1.97. The van der Waals surface area contributed by atoms with Crippen LogP contribution in [0.1, 0.15) is 49.0 Å². The molecular weight excluding hydrogens is 376 g/mol. The van der Waals surface area contributed by atoms with Crippen LogP contribution >= 0.6 is 0 Å². The number of benzene rings is 2. The van der Waals surface area contributed by atoms with Gasteiger partial charge in [0.1, 0.15) is 12.0 Å². The number of aldehydes is 1. The van der Waals surface area contributed by atoms with Crippen LogP contribution in [0.5, 0.6) is 5.75 Å². The lowest BCUT2D eigenvalue weighted by Gasteiger charge is -2.15. The molecule has 5 heteroatoms. The Hall–Kier alpha value is -2.66. The van der Waals surface area contributed by atoms with Crippen molar-refractivity contribution in [2.45, 2.75) is 39.5 Å². The molecule has 0 spiro atoms. The van der Waals surface area contributed by atoms with Gasteiger partial charge >= 0.3 is 0 Å². The molecule has 0 saturated carbocycles. The van der Waals surface area contributed by atoms with E-state index in [0.29, 0.717) is 23.8 Å². The molecule has 1 atom stereocenters. The summed E-state index contributed by atoms with van der Waals surface area (Å²) in [5.41, 5.74) is 1.99. The van der Waals surface area contributed by atoms with E-state index >= 15 is 0 Å². The maximum Gasteiger partial charge on any atom is 0.222 e. The minimum atomic E-state index is 0.181. The molecule has 30 heavy (non-hydrogen) atoms. The maximum absolute atomic E-state index is 11.5. The molecule has 1 aliphatic heterocycles. The number of phenolic OH excluding ortho intramolecular Hbond substituents is 1. The topological polar surface area (TPSA) is 69.6 Å². The first-order valence-corrected chi connectivity index (χ1v) is 10.7. The lowest BCUT2D eigenvalue weighted by atomic mass is 10.1.